The van der Waals surface area contributed by atoms with Gasteiger partial charge in [-0.25, -0.2) is 0 Å². The van der Waals surface area contributed by atoms with Crippen LogP contribution in [0.3, 0.4) is 0 Å². The number of carboxylic acids is 1. The van der Waals surface area contributed by atoms with Crippen LogP contribution in [0, 0.1) is 11.8 Å². The lowest BCUT2D eigenvalue weighted by Crippen LogP contribution is -2.44. The van der Waals surface area contributed by atoms with Crippen LogP contribution in [0.25, 0.3) is 0 Å². The quantitative estimate of drug-likeness (QED) is 0.584. The summed E-state index contributed by atoms with van der Waals surface area (Å²) in [5.74, 6) is -3.95. The monoisotopic (exact) mass is 398 g/mol. The number of benzene rings is 1. The molecular formula is C18H18Cl2NO5-. The Morgan fingerprint density at radius 1 is 1.19 bits per heavy atom. The molecule has 1 amide bonds. The van der Waals surface area contributed by atoms with Gasteiger partial charge in [-0.05, 0) is 30.5 Å². The van der Waals surface area contributed by atoms with Crippen molar-refractivity contribution in [2.45, 2.75) is 25.3 Å². The Balaban J connectivity index is 2.23. The van der Waals surface area contributed by atoms with Gasteiger partial charge in [0.15, 0.2) is 0 Å². The van der Waals surface area contributed by atoms with Crippen LogP contribution in [-0.4, -0.2) is 25.0 Å². The highest BCUT2D eigenvalue weighted by atomic mass is 35.5. The molecule has 1 N–H and O–H groups in total. The first kappa shape index (κ1) is 20.3. The van der Waals surface area contributed by atoms with Crippen molar-refractivity contribution < 1.29 is 24.2 Å². The molecule has 1 aliphatic carbocycles. The van der Waals surface area contributed by atoms with Crippen LogP contribution < -0.4 is 10.4 Å². The number of carbonyl (C=O) groups is 3. The lowest BCUT2D eigenvalue weighted by atomic mass is 9.82. The highest BCUT2D eigenvalue weighted by molar-refractivity contribution is 6.42. The SMILES string of the molecule is COC(=O)C[C@@H](NC(=O)[C@@H]1CC=CC[C@@H]1C(=O)[O-])c1ccc(Cl)c(Cl)c1. The van der Waals surface area contributed by atoms with E-state index in [0.29, 0.717) is 10.6 Å². The van der Waals surface area contributed by atoms with Crippen LogP contribution in [0.5, 0.6) is 0 Å². The molecular weight excluding hydrogens is 381 g/mol. The zero-order chi connectivity index (χ0) is 19.3. The molecule has 140 valence electrons. The minimum Gasteiger partial charge on any atom is -0.550 e. The van der Waals surface area contributed by atoms with Crippen molar-refractivity contribution in [3.05, 3.63) is 46.0 Å². The van der Waals surface area contributed by atoms with Crippen molar-refractivity contribution in [2.75, 3.05) is 7.11 Å². The molecule has 0 aromatic heterocycles. The maximum atomic E-state index is 12.7. The number of carboxylic acid groups (broad SMARTS) is 1. The number of rotatable bonds is 6. The molecule has 0 radical (unpaired) electrons. The van der Waals surface area contributed by atoms with Crippen molar-refractivity contribution in [1.29, 1.82) is 0 Å². The zero-order valence-electron chi connectivity index (χ0n) is 14.0. The molecule has 26 heavy (non-hydrogen) atoms. The Hall–Kier alpha value is -2.05. The van der Waals surface area contributed by atoms with E-state index in [4.69, 9.17) is 23.2 Å². The van der Waals surface area contributed by atoms with E-state index in [-0.39, 0.29) is 24.3 Å². The number of ether oxygens (including phenoxy) is 1. The van der Waals surface area contributed by atoms with Crippen LogP contribution in [0.4, 0.5) is 0 Å². The number of carbonyl (C=O) groups excluding carboxylic acids is 3. The average molecular weight is 399 g/mol. The maximum Gasteiger partial charge on any atom is 0.307 e. The summed E-state index contributed by atoms with van der Waals surface area (Å²) in [5, 5.41) is 14.7. The normalized spacial score (nSPS) is 20.3. The van der Waals surface area contributed by atoms with Crippen LogP contribution in [-0.2, 0) is 19.1 Å². The molecule has 0 fully saturated rings. The Morgan fingerprint density at radius 3 is 2.42 bits per heavy atom. The number of halogens is 2. The molecule has 0 saturated heterocycles. The Bertz CT molecular complexity index is 734. The molecule has 3 atom stereocenters. The molecule has 8 heteroatoms. The van der Waals surface area contributed by atoms with Crippen LogP contribution in [0.2, 0.25) is 10.0 Å². The van der Waals surface area contributed by atoms with Gasteiger partial charge in [0.25, 0.3) is 0 Å². The van der Waals surface area contributed by atoms with Crippen LogP contribution in [0.15, 0.2) is 30.4 Å². The first-order chi connectivity index (χ1) is 12.3. The number of aliphatic carboxylic acids is 1. The van der Waals surface area contributed by atoms with Gasteiger partial charge in [-0.3, -0.25) is 9.59 Å². The minimum atomic E-state index is -1.27. The molecule has 0 spiro atoms. The van der Waals surface area contributed by atoms with Crippen molar-refractivity contribution >= 4 is 41.0 Å². The average Bonchev–Trinajstić information content (AvgIpc) is 2.63. The second-order valence-corrected chi connectivity index (χ2v) is 6.80. The van der Waals surface area contributed by atoms with Gasteiger partial charge in [-0.1, -0.05) is 41.4 Å². The number of hydrogen-bond donors (Lipinski definition) is 1. The highest BCUT2D eigenvalue weighted by Gasteiger charge is 2.31. The van der Waals surface area contributed by atoms with Crippen LogP contribution in [0.1, 0.15) is 30.9 Å². The zero-order valence-corrected chi connectivity index (χ0v) is 15.5. The molecule has 0 bridgehead atoms. The van der Waals surface area contributed by atoms with Crippen molar-refractivity contribution in [2.24, 2.45) is 11.8 Å². The number of amides is 1. The van der Waals surface area contributed by atoms with Gasteiger partial charge in [0, 0.05) is 17.8 Å². The van der Waals surface area contributed by atoms with E-state index >= 15 is 0 Å². The number of hydrogen-bond acceptors (Lipinski definition) is 5. The highest BCUT2D eigenvalue weighted by Crippen LogP contribution is 2.29. The van der Waals surface area contributed by atoms with Crippen molar-refractivity contribution in [3.63, 3.8) is 0 Å². The van der Waals surface area contributed by atoms with E-state index in [1.165, 1.54) is 7.11 Å². The summed E-state index contributed by atoms with van der Waals surface area (Å²) in [6.45, 7) is 0. The van der Waals surface area contributed by atoms with Gasteiger partial charge in [0.05, 0.1) is 29.6 Å². The summed E-state index contributed by atoms with van der Waals surface area (Å²) in [6, 6.07) is 4.02. The molecule has 0 heterocycles. The fourth-order valence-electron chi connectivity index (χ4n) is 2.87. The summed E-state index contributed by atoms with van der Waals surface area (Å²) in [6.07, 6.45) is 3.87. The molecule has 1 aliphatic rings. The number of esters is 1. The Kier molecular flexibility index (Phi) is 7.06. The van der Waals surface area contributed by atoms with Gasteiger partial charge in [-0.2, -0.15) is 0 Å². The predicted molar refractivity (Wildman–Crippen MR) is 94.3 cm³/mol. The molecule has 1 aromatic carbocycles. The smallest absolute Gasteiger partial charge is 0.307 e. The van der Waals surface area contributed by atoms with Gasteiger partial charge in [0.1, 0.15) is 0 Å². The summed E-state index contributed by atoms with van der Waals surface area (Å²) in [4.78, 5) is 35.7. The number of nitrogens with one attached hydrogen (secondary N) is 1. The second-order valence-electron chi connectivity index (χ2n) is 5.99. The van der Waals surface area contributed by atoms with Crippen LogP contribution >= 0.6 is 23.2 Å². The molecule has 0 aliphatic heterocycles. The number of allylic oxidation sites excluding steroid dienone is 2. The maximum absolute atomic E-state index is 12.7. The third kappa shape index (κ3) is 4.99. The first-order valence-corrected chi connectivity index (χ1v) is 8.77. The lowest BCUT2D eigenvalue weighted by Gasteiger charge is -2.30. The third-order valence-electron chi connectivity index (χ3n) is 4.33. The summed E-state index contributed by atoms with van der Waals surface area (Å²) in [5.41, 5.74) is 0.564. The Morgan fingerprint density at radius 2 is 1.85 bits per heavy atom. The largest absolute Gasteiger partial charge is 0.550 e. The summed E-state index contributed by atoms with van der Waals surface area (Å²) in [7, 11) is 1.24. The molecule has 6 nitrogen and oxygen atoms in total. The fourth-order valence-corrected chi connectivity index (χ4v) is 3.18. The van der Waals surface area contributed by atoms with Gasteiger partial charge in [-0.15, -0.1) is 0 Å². The second kappa shape index (κ2) is 9.05. The fraction of sp³-hybridized carbons (Fsp3) is 0.389. The predicted octanol–water partition coefficient (Wildman–Crippen LogP) is 2.05. The van der Waals surface area contributed by atoms with Gasteiger partial charge < -0.3 is 20.0 Å². The Labute approximate surface area is 161 Å². The molecule has 0 saturated carbocycles. The minimum absolute atomic E-state index is 0.126. The van der Waals surface area contributed by atoms with E-state index in [9.17, 15) is 19.5 Å². The van der Waals surface area contributed by atoms with Crippen molar-refractivity contribution in [1.82, 2.24) is 5.32 Å². The van der Waals surface area contributed by atoms with E-state index < -0.39 is 35.7 Å². The van der Waals surface area contributed by atoms with Gasteiger partial charge >= 0.3 is 5.97 Å². The summed E-state index contributed by atoms with van der Waals surface area (Å²) < 4.78 is 4.68. The number of methoxy groups -OCH3 is 1. The van der Waals surface area contributed by atoms with Crippen molar-refractivity contribution in [3.8, 4) is 0 Å². The molecule has 1 aromatic rings. The topological polar surface area (TPSA) is 95.5 Å². The standard InChI is InChI=1S/C18H19Cl2NO5/c1-26-16(22)9-15(10-6-7-13(19)14(20)8-10)21-17(23)11-4-2-3-5-12(11)18(24)25/h2-3,6-8,11-12,15H,4-5,9H2,1H3,(H,21,23)(H,24,25)/p-1/t11-,12+,15-/m1/s1. The van der Waals surface area contributed by atoms with E-state index in [1.807, 2.05) is 0 Å². The lowest BCUT2D eigenvalue weighted by molar-refractivity contribution is -0.313. The van der Waals surface area contributed by atoms with E-state index in [1.54, 1.807) is 30.4 Å². The van der Waals surface area contributed by atoms with E-state index in [2.05, 4.69) is 10.1 Å². The van der Waals surface area contributed by atoms with Gasteiger partial charge in [0.2, 0.25) is 5.91 Å². The van der Waals surface area contributed by atoms with E-state index in [0.717, 1.165) is 0 Å². The molecule has 0 unspecified atom stereocenters. The third-order valence-corrected chi connectivity index (χ3v) is 5.07. The summed E-state index contributed by atoms with van der Waals surface area (Å²) >= 11 is 11.9. The molecule has 2 rings (SSSR count). The first-order valence-electron chi connectivity index (χ1n) is 8.01.